The van der Waals surface area contributed by atoms with Crippen molar-refractivity contribution in [1.82, 2.24) is 0 Å². The standard InChI is InChI=1S/C12H21NO/c1-9-3-10(2)5-11(13,4-9)8-12(14,6-9)7-10/h14H,3-8,13H2,1-2H3/p+1/t9-,10+,11?,12?. The van der Waals surface area contributed by atoms with Crippen molar-refractivity contribution >= 4 is 0 Å². The molecule has 0 amide bonds. The molecule has 4 atom stereocenters. The van der Waals surface area contributed by atoms with Crippen LogP contribution >= 0.6 is 0 Å². The number of aliphatic hydroxyl groups is 1. The van der Waals surface area contributed by atoms with E-state index in [0.717, 1.165) is 19.3 Å². The van der Waals surface area contributed by atoms with Crippen molar-refractivity contribution < 1.29 is 10.8 Å². The van der Waals surface area contributed by atoms with Crippen LogP contribution in [0, 0.1) is 10.8 Å². The summed E-state index contributed by atoms with van der Waals surface area (Å²) < 4.78 is 0. The molecule has 4 rings (SSSR count). The van der Waals surface area contributed by atoms with E-state index < -0.39 is 0 Å². The number of hydrogen-bond donors (Lipinski definition) is 2. The second-order valence-corrected chi connectivity index (χ2v) is 7.41. The van der Waals surface area contributed by atoms with Crippen molar-refractivity contribution in [3.63, 3.8) is 0 Å². The molecule has 0 aliphatic heterocycles. The van der Waals surface area contributed by atoms with Gasteiger partial charge in [0.25, 0.3) is 0 Å². The first kappa shape index (κ1) is 9.17. The lowest BCUT2D eigenvalue weighted by Crippen LogP contribution is -2.83. The van der Waals surface area contributed by atoms with Crippen molar-refractivity contribution in [1.29, 1.82) is 0 Å². The molecule has 0 aromatic rings. The molecule has 4 saturated carbocycles. The lowest BCUT2D eigenvalue weighted by atomic mass is 9.41. The summed E-state index contributed by atoms with van der Waals surface area (Å²) in [5.74, 6) is 0. The van der Waals surface area contributed by atoms with Crippen LogP contribution < -0.4 is 5.73 Å². The fraction of sp³-hybridized carbons (Fsp3) is 1.00. The summed E-state index contributed by atoms with van der Waals surface area (Å²) in [6.07, 6.45) is 6.76. The Kier molecular flexibility index (Phi) is 1.34. The topological polar surface area (TPSA) is 47.9 Å². The van der Waals surface area contributed by atoms with Crippen molar-refractivity contribution in [3.8, 4) is 0 Å². The summed E-state index contributed by atoms with van der Waals surface area (Å²) in [6.45, 7) is 4.71. The molecular weight excluding hydrogens is 174 g/mol. The summed E-state index contributed by atoms with van der Waals surface area (Å²) in [7, 11) is 0. The maximum Gasteiger partial charge on any atom is 0.0984 e. The van der Waals surface area contributed by atoms with Gasteiger partial charge in [0.05, 0.1) is 11.1 Å². The van der Waals surface area contributed by atoms with E-state index >= 15 is 0 Å². The summed E-state index contributed by atoms with van der Waals surface area (Å²) in [4.78, 5) is 0. The van der Waals surface area contributed by atoms with Crippen molar-refractivity contribution in [2.75, 3.05) is 0 Å². The molecule has 4 fully saturated rings. The van der Waals surface area contributed by atoms with Crippen LogP contribution in [0.5, 0.6) is 0 Å². The highest BCUT2D eigenvalue weighted by molar-refractivity contribution is 5.16. The third kappa shape index (κ3) is 1.10. The Bertz CT molecular complexity index is 203. The fourth-order valence-electron chi connectivity index (χ4n) is 5.88. The van der Waals surface area contributed by atoms with E-state index in [1.807, 2.05) is 0 Å². The van der Waals surface area contributed by atoms with E-state index in [9.17, 15) is 5.11 Å². The number of rotatable bonds is 0. The summed E-state index contributed by atoms with van der Waals surface area (Å²) >= 11 is 0. The Morgan fingerprint density at radius 2 is 1.36 bits per heavy atom. The largest absolute Gasteiger partial charge is 0.390 e. The third-order valence-corrected chi connectivity index (χ3v) is 4.67. The highest BCUT2D eigenvalue weighted by atomic mass is 16.3. The lowest BCUT2D eigenvalue weighted by molar-refractivity contribution is -0.522. The Morgan fingerprint density at radius 1 is 0.857 bits per heavy atom. The predicted molar refractivity (Wildman–Crippen MR) is 54.5 cm³/mol. The van der Waals surface area contributed by atoms with E-state index in [-0.39, 0.29) is 11.1 Å². The molecule has 0 heterocycles. The third-order valence-electron chi connectivity index (χ3n) is 4.67. The second-order valence-electron chi connectivity index (χ2n) is 7.41. The van der Waals surface area contributed by atoms with Gasteiger partial charge < -0.3 is 10.8 Å². The normalized spacial score (nSPS) is 66.0. The second kappa shape index (κ2) is 2.05. The van der Waals surface area contributed by atoms with Gasteiger partial charge in [0.2, 0.25) is 0 Å². The first-order valence-electron chi connectivity index (χ1n) is 5.82. The van der Waals surface area contributed by atoms with Gasteiger partial charge in [-0.25, -0.2) is 0 Å². The number of hydrogen-bond acceptors (Lipinski definition) is 1. The SMILES string of the molecule is C[C@]12CC3([NH3+])CC(O)(C1)C[C@@](C)(C3)C2. The first-order chi connectivity index (χ1) is 6.24. The molecule has 0 saturated heterocycles. The molecule has 4 N–H and O–H groups in total. The fourth-order valence-corrected chi connectivity index (χ4v) is 5.88. The molecule has 4 bridgehead atoms. The Balaban J connectivity index is 2.08. The average molecular weight is 196 g/mol. The van der Waals surface area contributed by atoms with Crippen LogP contribution in [0.15, 0.2) is 0 Å². The zero-order chi connectivity index (χ0) is 10.2. The van der Waals surface area contributed by atoms with Gasteiger partial charge in [-0.05, 0) is 30.1 Å². The van der Waals surface area contributed by atoms with Crippen LogP contribution in [0.2, 0.25) is 0 Å². The molecule has 80 valence electrons. The van der Waals surface area contributed by atoms with E-state index in [1.165, 1.54) is 19.3 Å². The van der Waals surface area contributed by atoms with E-state index in [1.54, 1.807) is 0 Å². The molecule has 0 spiro atoms. The average Bonchev–Trinajstić information content (AvgIpc) is 1.67. The maximum atomic E-state index is 10.6. The zero-order valence-corrected chi connectivity index (χ0v) is 9.40. The molecule has 0 aromatic carbocycles. The highest BCUT2D eigenvalue weighted by Crippen LogP contribution is 2.66. The van der Waals surface area contributed by atoms with E-state index in [0.29, 0.717) is 10.8 Å². The molecule has 2 heteroatoms. The summed E-state index contributed by atoms with van der Waals surface area (Å²) in [5.41, 5.74) is 4.97. The van der Waals surface area contributed by atoms with Crippen LogP contribution in [0.1, 0.15) is 52.4 Å². The van der Waals surface area contributed by atoms with E-state index in [2.05, 4.69) is 19.6 Å². The summed E-state index contributed by atoms with van der Waals surface area (Å²) in [6, 6.07) is 0. The maximum absolute atomic E-state index is 10.6. The first-order valence-corrected chi connectivity index (χ1v) is 5.82. The smallest absolute Gasteiger partial charge is 0.0984 e. The van der Waals surface area contributed by atoms with Gasteiger partial charge in [-0.2, -0.15) is 0 Å². The molecular formula is C12H22NO+. The Labute approximate surface area is 85.9 Å². The minimum atomic E-state index is -0.375. The number of quaternary nitrogens is 1. The lowest BCUT2D eigenvalue weighted by Gasteiger charge is -2.65. The van der Waals surface area contributed by atoms with Gasteiger partial charge in [0, 0.05) is 19.3 Å². The molecule has 2 nitrogen and oxygen atoms in total. The quantitative estimate of drug-likeness (QED) is 0.598. The highest BCUT2D eigenvalue weighted by Gasteiger charge is 2.65. The minimum absolute atomic E-state index is 0.188. The van der Waals surface area contributed by atoms with Crippen molar-refractivity contribution in [2.24, 2.45) is 10.8 Å². The van der Waals surface area contributed by atoms with Gasteiger partial charge in [0.1, 0.15) is 0 Å². The zero-order valence-electron chi connectivity index (χ0n) is 9.40. The van der Waals surface area contributed by atoms with Crippen LogP contribution in [-0.4, -0.2) is 16.2 Å². The van der Waals surface area contributed by atoms with Crippen LogP contribution in [0.4, 0.5) is 0 Å². The van der Waals surface area contributed by atoms with Crippen LogP contribution in [0.25, 0.3) is 0 Å². The molecule has 0 radical (unpaired) electrons. The molecule has 4 aliphatic rings. The van der Waals surface area contributed by atoms with Crippen molar-refractivity contribution in [2.45, 2.75) is 63.5 Å². The summed E-state index contributed by atoms with van der Waals surface area (Å²) in [5, 5.41) is 10.6. The van der Waals surface area contributed by atoms with Gasteiger partial charge in [-0.1, -0.05) is 13.8 Å². The molecule has 2 unspecified atom stereocenters. The molecule has 4 aliphatic carbocycles. The van der Waals surface area contributed by atoms with Gasteiger partial charge >= 0.3 is 0 Å². The van der Waals surface area contributed by atoms with E-state index in [4.69, 9.17) is 0 Å². The monoisotopic (exact) mass is 196 g/mol. The van der Waals surface area contributed by atoms with Gasteiger partial charge in [-0.3, -0.25) is 0 Å². The minimum Gasteiger partial charge on any atom is -0.390 e. The van der Waals surface area contributed by atoms with Crippen LogP contribution in [0.3, 0.4) is 0 Å². The van der Waals surface area contributed by atoms with Crippen molar-refractivity contribution in [3.05, 3.63) is 0 Å². The molecule has 0 aromatic heterocycles. The predicted octanol–water partition coefficient (Wildman–Crippen LogP) is 1.09. The molecule has 14 heavy (non-hydrogen) atoms. The Hall–Kier alpha value is -0.0800. The van der Waals surface area contributed by atoms with Gasteiger partial charge in [0.15, 0.2) is 0 Å². The Morgan fingerprint density at radius 3 is 1.71 bits per heavy atom. The van der Waals surface area contributed by atoms with Crippen LogP contribution in [-0.2, 0) is 0 Å². The van der Waals surface area contributed by atoms with Gasteiger partial charge in [-0.15, -0.1) is 0 Å².